The third kappa shape index (κ3) is 15.9. The molecule has 0 spiro atoms. The summed E-state index contributed by atoms with van der Waals surface area (Å²) >= 11 is 8.48. The topological polar surface area (TPSA) is 193 Å². The van der Waals surface area contributed by atoms with E-state index in [1.54, 1.807) is 24.3 Å². The van der Waals surface area contributed by atoms with E-state index in [1.165, 1.54) is 46.7 Å². The van der Waals surface area contributed by atoms with Crippen LogP contribution in [0.2, 0.25) is 5.02 Å². The number of halogens is 4. The van der Waals surface area contributed by atoms with Gasteiger partial charge in [0.25, 0.3) is 27.6 Å². The van der Waals surface area contributed by atoms with E-state index in [0.717, 1.165) is 117 Å². The summed E-state index contributed by atoms with van der Waals surface area (Å²) in [6.07, 6.45) is 3.80. The van der Waals surface area contributed by atoms with Crippen LogP contribution in [0, 0.1) is 5.41 Å². The molecule has 0 saturated carbocycles. The van der Waals surface area contributed by atoms with Gasteiger partial charge in [0.2, 0.25) is 11.8 Å². The highest BCUT2D eigenvalue weighted by Crippen LogP contribution is 2.43. The van der Waals surface area contributed by atoms with Crippen molar-refractivity contribution >= 4 is 97.3 Å². The number of piperazine rings is 2. The maximum atomic E-state index is 14.5. The molecular weight excluding hydrogens is 1210 g/mol. The van der Waals surface area contributed by atoms with Crippen LogP contribution < -0.4 is 25.6 Å². The molecule has 5 amide bonds. The molecule has 1 unspecified atom stereocenters. The molecule has 3 saturated heterocycles. The zero-order valence-electron chi connectivity index (χ0n) is 49.2. The van der Waals surface area contributed by atoms with Crippen molar-refractivity contribution in [2.75, 3.05) is 113 Å². The lowest BCUT2D eigenvalue weighted by Crippen LogP contribution is -2.54. The standard InChI is InChI=1S/C64H73ClF3N9O8S3/c1-63(2)25-23-51(43-11-15-46(65)16-12-43)45(40-63)41-75-32-34-76(35-33-75)48-17-13-44(14-18-48)59(79)72-87-50-19-20-53(56(39-50)88(83,84)64(66,67)68)70-47(42-86-49-7-4-3-5-8-49)24-27-73-28-30-74(31-29-73)36-38-85-37-26-69-54-10-6-9-52-58(54)62(82)77(61(52)81)55-21-22-57(78)71-60(55)80/h3-20,39,47,55,69-70H,21-38,40-42H2,1-2H3,(H,72,79)(H,71,78,80)/t47-,55?/m1/s1. The molecule has 5 aromatic carbocycles. The summed E-state index contributed by atoms with van der Waals surface area (Å²) in [6, 6.07) is 32.1. The summed E-state index contributed by atoms with van der Waals surface area (Å²) < 4.78 is 78.6. The first-order valence-electron chi connectivity index (χ1n) is 29.7. The lowest BCUT2D eigenvalue weighted by Gasteiger charge is -2.39. The number of carbonyl (C=O) groups is 5. The van der Waals surface area contributed by atoms with Crippen LogP contribution in [0.3, 0.4) is 0 Å². The van der Waals surface area contributed by atoms with E-state index in [4.69, 9.17) is 16.3 Å². The second-order valence-corrected chi connectivity index (χ2v) is 27.9. The molecule has 4 N–H and O–H groups in total. The highest BCUT2D eigenvalue weighted by atomic mass is 35.5. The van der Waals surface area contributed by atoms with E-state index < -0.39 is 61.9 Å². The van der Waals surface area contributed by atoms with Crippen LogP contribution in [0.25, 0.3) is 5.57 Å². The van der Waals surface area contributed by atoms with Crippen molar-refractivity contribution in [2.45, 2.75) is 84.7 Å². The van der Waals surface area contributed by atoms with Gasteiger partial charge < -0.3 is 25.2 Å². The number of ether oxygens (including phenoxy) is 1. The fourth-order valence-electron chi connectivity index (χ4n) is 11.9. The zero-order chi connectivity index (χ0) is 62.2. The zero-order valence-corrected chi connectivity index (χ0v) is 52.4. The SMILES string of the molecule is CC1(C)CCC(c2ccc(Cl)cc2)=C(CN2CCN(c3ccc(C(=O)NSc4ccc(N[C@H](CCN5CCN(CCOCCNc6cccc7c6C(=O)N(C6CCC(=O)NC6=O)C7=O)CC5)CSc5ccccc5)c(S(=O)(=O)C(F)(F)F)c4)cc3)CC2)C1. The molecule has 5 aromatic rings. The fourth-order valence-corrected chi connectivity index (χ4v) is 14.7. The molecule has 17 nitrogen and oxygen atoms in total. The minimum atomic E-state index is -5.84. The number of allylic oxidation sites excluding steroid dienone is 1. The lowest BCUT2D eigenvalue weighted by atomic mass is 9.73. The molecular formula is C64H73ClF3N9O8S3. The monoisotopic (exact) mass is 1280 g/mol. The Balaban J connectivity index is 0.696. The highest BCUT2D eigenvalue weighted by molar-refractivity contribution is 7.99. The summed E-state index contributed by atoms with van der Waals surface area (Å²) in [5.74, 6) is -2.36. The van der Waals surface area contributed by atoms with Gasteiger partial charge in [-0.2, -0.15) is 13.2 Å². The quantitative estimate of drug-likeness (QED) is 0.0197. The molecule has 3 fully saturated rings. The van der Waals surface area contributed by atoms with E-state index in [2.05, 4.69) is 66.3 Å². The summed E-state index contributed by atoms with van der Waals surface area (Å²) in [6.45, 7) is 14.2. The number of thioether (sulfide) groups is 1. The van der Waals surface area contributed by atoms with Crippen LogP contribution >= 0.6 is 35.3 Å². The number of carbonyl (C=O) groups excluding carboxylic acids is 5. The Bertz CT molecular complexity index is 3490. The van der Waals surface area contributed by atoms with Gasteiger partial charge >= 0.3 is 5.51 Å². The van der Waals surface area contributed by atoms with Gasteiger partial charge in [0.1, 0.15) is 10.9 Å². The number of rotatable bonds is 24. The Labute approximate surface area is 525 Å². The highest BCUT2D eigenvalue weighted by Gasteiger charge is 2.49. The molecule has 4 heterocycles. The molecule has 0 aromatic heterocycles. The van der Waals surface area contributed by atoms with Crippen LogP contribution in [0.15, 0.2) is 136 Å². The van der Waals surface area contributed by atoms with Crippen LogP contribution in [0.4, 0.5) is 30.2 Å². The Morgan fingerprint density at radius 3 is 2.19 bits per heavy atom. The van der Waals surface area contributed by atoms with Crippen molar-refractivity contribution < 1.29 is 50.3 Å². The largest absolute Gasteiger partial charge is 0.501 e. The number of fused-ring (bicyclic) bond motifs is 1. The third-order valence-corrected chi connectivity index (χ3v) is 20.6. The average Bonchev–Trinajstić information content (AvgIpc) is 1.67. The molecule has 5 aliphatic rings. The molecule has 2 atom stereocenters. The molecule has 0 radical (unpaired) electrons. The predicted molar refractivity (Wildman–Crippen MR) is 339 cm³/mol. The van der Waals surface area contributed by atoms with Gasteiger partial charge in [-0.15, -0.1) is 11.8 Å². The number of anilines is 3. The number of alkyl halides is 3. The minimum absolute atomic E-state index is 0.0282. The van der Waals surface area contributed by atoms with Crippen LogP contribution in [0.5, 0.6) is 0 Å². The Morgan fingerprint density at radius 1 is 0.784 bits per heavy atom. The van der Waals surface area contributed by atoms with Gasteiger partial charge in [0, 0.05) is 129 Å². The first-order valence-corrected chi connectivity index (χ1v) is 33.4. The van der Waals surface area contributed by atoms with Gasteiger partial charge in [-0.05, 0) is 139 Å². The van der Waals surface area contributed by atoms with E-state index in [1.807, 2.05) is 54.6 Å². The van der Waals surface area contributed by atoms with E-state index >= 15 is 0 Å². The number of hydrogen-bond acceptors (Lipinski definition) is 16. The van der Waals surface area contributed by atoms with Crippen LogP contribution in [-0.2, 0) is 24.2 Å². The fraction of sp³-hybridized carbons (Fsp3) is 0.422. The second-order valence-electron chi connectivity index (χ2n) is 23.5. The number of imide groups is 2. The smallest absolute Gasteiger partial charge is 0.382 e. The maximum absolute atomic E-state index is 14.5. The molecule has 468 valence electrons. The molecule has 1 aliphatic carbocycles. The first-order chi connectivity index (χ1) is 42.2. The summed E-state index contributed by atoms with van der Waals surface area (Å²) in [7, 11) is -5.84. The van der Waals surface area contributed by atoms with Crippen molar-refractivity contribution in [1.82, 2.24) is 29.6 Å². The average molecular weight is 1280 g/mol. The number of sulfone groups is 1. The summed E-state index contributed by atoms with van der Waals surface area (Å²) in [4.78, 5) is 74.8. The molecule has 4 aliphatic heterocycles. The Kier molecular flexibility index (Phi) is 21.0. The molecule has 10 rings (SSSR count). The van der Waals surface area contributed by atoms with Crippen molar-refractivity contribution in [3.8, 4) is 0 Å². The van der Waals surface area contributed by atoms with Crippen molar-refractivity contribution in [1.29, 1.82) is 0 Å². The summed E-state index contributed by atoms with van der Waals surface area (Å²) in [5.41, 5.74) is 0.715. The maximum Gasteiger partial charge on any atom is 0.501 e. The van der Waals surface area contributed by atoms with Crippen molar-refractivity contribution in [3.63, 3.8) is 0 Å². The second kappa shape index (κ2) is 28.6. The van der Waals surface area contributed by atoms with Gasteiger partial charge in [-0.25, -0.2) is 8.42 Å². The predicted octanol–water partition coefficient (Wildman–Crippen LogP) is 9.97. The number of amides is 5. The van der Waals surface area contributed by atoms with Crippen LogP contribution in [-0.4, -0.2) is 173 Å². The van der Waals surface area contributed by atoms with Gasteiger partial charge in [0.15, 0.2) is 0 Å². The number of nitrogens with one attached hydrogen (secondary N) is 4. The molecule has 0 bridgehead atoms. The van der Waals surface area contributed by atoms with Gasteiger partial charge in [-0.1, -0.05) is 67.4 Å². The Hall–Kier alpha value is -6.44. The van der Waals surface area contributed by atoms with E-state index in [0.29, 0.717) is 56.3 Å². The molecule has 24 heteroatoms. The number of hydrogen-bond donors (Lipinski definition) is 4. The minimum Gasteiger partial charge on any atom is -0.382 e. The Morgan fingerprint density at radius 2 is 1.49 bits per heavy atom. The summed E-state index contributed by atoms with van der Waals surface area (Å²) in [5, 5.41) is 9.31. The number of piperidine rings is 1. The van der Waals surface area contributed by atoms with E-state index in [-0.39, 0.29) is 40.0 Å². The molecule has 88 heavy (non-hydrogen) atoms. The van der Waals surface area contributed by atoms with Crippen molar-refractivity contribution in [2.24, 2.45) is 5.41 Å². The number of nitrogens with zero attached hydrogens (tertiary/aromatic N) is 5. The van der Waals surface area contributed by atoms with Gasteiger partial charge in [-0.3, -0.25) is 48.7 Å². The number of benzene rings is 5. The third-order valence-electron chi connectivity index (χ3n) is 16.8. The first kappa shape index (κ1) is 64.5. The van der Waals surface area contributed by atoms with Crippen LogP contribution in [0.1, 0.15) is 89.0 Å². The normalized spacial score (nSPS) is 19.2. The lowest BCUT2D eigenvalue weighted by molar-refractivity contribution is -0.136. The van der Waals surface area contributed by atoms with E-state index in [9.17, 15) is 45.6 Å². The van der Waals surface area contributed by atoms with Gasteiger partial charge in [0.05, 0.1) is 30.0 Å². The van der Waals surface area contributed by atoms with Crippen molar-refractivity contribution in [3.05, 3.63) is 148 Å².